The molecule has 2 aliphatic heterocycles. The van der Waals surface area contributed by atoms with Gasteiger partial charge in [-0.2, -0.15) is 0 Å². The van der Waals surface area contributed by atoms with Crippen molar-refractivity contribution < 1.29 is 8.78 Å². The fraction of sp³-hybridized carbons (Fsp3) is 0.583. The molecule has 1 aromatic rings. The van der Waals surface area contributed by atoms with Crippen LogP contribution in [0, 0.1) is 0 Å². The minimum absolute atomic E-state index is 0.0578. The van der Waals surface area contributed by atoms with E-state index in [1.807, 2.05) is 4.90 Å². The number of hydrogen-bond donors (Lipinski definition) is 0. The molecule has 1 aromatic heterocycles. The highest BCUT2D eigenvalue weighted by molar-refractivity contribution is 6.30. The van der Waals surface area contributed by atoms with Crippen LogP contribution in [0.15, 0.2) is 18.3 Å². The van der Waals surface area contributed by atoms with E-state index in [9.17, 15) is 8.78 Å². The summed E-state index contributed by atoms with van der Waals surface area (Å²) in [6.07, 6.45) is 3.17. The summed E-state index contributed by atoms with van der Waals surface area (Å²) in [7, 11) is 0. The van der Waals surface area contributed by atoms with Gasteiger partial charge in [-0.25, -0.2) is 13.8 Å². The van der Waals surface area contributed by atoms with Gasteiger partial charge in [0.2, 0.25) is 0 Å². The molecule has 17 heavy (non-hydrogen) atoms. The number of pyridine rings is 1. The van der Waals surface area contributed by atoms with Crippen LogP contribution < -0.4 is 4.90 Å². The molecule has 0 saturated carbocycles. The fourth-order valence-corrected chi connectivity index (χ4v) is 3.20. The third-order valence-corrected chi connectivity index (χ3v) is 3.90. The molecule has 0 aliphatic carbocycles. The van der Waals surface area contributed by atoms with Crippen LogP contribution in [-0.2, 0) is 0 Å². The Morgan fingerprint density at radius 3 is 2.53 bits per heavy atom. The van der Waals surface area contributed by atoms with E-state index in [-0.39, 0.29) is 24.9 Å². The summed E-state index contributed by atoms with van der Waals surface area (Å²) >= 11 is 5.92. The van der Waals surface area contributed by atoms with E-state index in [0.29, 0.717) is 5.02 Å². The molecular weight excluding hydrogens is 246 g/mol. The number of aromatic nitrogens is 1. The van der Waals surface area contributed by atoms with Gasteiger partial charge in [0.15, 0.2) is 0 Å². The van der Waals surface area contributed by atoms with Gasteiger partial charge in [0.05, 0.1) is 0 Å². The first-order valence-electron chi connectivity index (χ1n) is 5.83. The van der Waals surface area contributed by atoms with Crippen LogP contribution in [0.25, 0.3) is 0 Å². The second kappa shape index (κ2) is 3.80. The van der Waals surface area contributed by atoms with E-state index in [2.05, 4.69) is 4.98 Å². The Hall–Kier alpha value is -0.900. The van der Waals surface area contributed by atoms with Crippen molar-refractivity contribution >= 4 is 17.4 Å². The number of alkyl halides is 2. The molecule has 2 atom stereocenters. The highest BCUT2D eigenvalue weighted by Crippen LogP contribution is 2.45. The number of anilines is 1. The summed E-state index contributed by atoms with van der Waals surface area (Å²) in [5.41, 5.74) is 0. The predicted octanol–water partition coefficient (Wildman–Crippen LogP) is 3.50. The molecule has 2 nitrogen and oxygen atoms in total. The van der Waals surface area contributed by atoms with E-state index in [0.717, 1.165) is 18.7 Å². The van der Waals surface area contributed by atoms with E-state index in [1.165, 1.54) is 0 Å². The van der Waals surface area contributed by atoms with Crippen LogP contribution >= 0.6 is 11.6 Å². The van der Waals surface area contributed by atoms with Gasteiger partial charge >= 0.3 is 0 Å². The number of hydrogen-bond acceptors (Lipinski definition) is 2. The van der Waals surface area contributed by atoms with Crippen LogP contribution in [0.2, 0.25) is 5.02 Å². The van der Waals surface area contributed by atoms with Crippen molar-refractivity contribution in [3.8, 4) is 0 Å². The molecule has 2 fully saturated rings. The average molecular weight is 259 g/mol. The van der Waals surface area contributed by atoms with Crippen molar-refractivity contribution in [1.82, 2.24) is 4.98 Å². The zero-order chi connectivity index (χ0) is 12.0. The Kier molecular flexibility index (Phi) is 2.51. The molecule has 0 N–H and O–H groups in total. The first-order chi connectivity index (χ1) is 8.05. The van der Waals surface area contributed by atoms with Gasteiger partial charge in [0.1, 0.15) is 5.82 Å². The van der Waals surface area contributed by atoms with Crippen LogP contribution in [0.1, 0.15) is 25.7 Å². The topological polar surface area (TPSA) is 16.1 Å². The number of nitrogens with zero attached hydrogens (tertiary/aromatic N) is 2. The Labute approximate surface area is 104 Å². The molecule has 2 bridgehead atoms. The Morgan fingerprint density at radius 1 is 1.29 bits per heavy atom. The van der Waals surface area contributed by atoms with Crippen molar-refractivity contribution in [3.63, 3.8) is 0 Å². The van der Waals surface area contributed by atoms with E-state index in [4.69, 9.17) is 11.6 Å². The molecule has 3 heterocycles. The minimum Gasteiger partial charge on any atom is -0.350 e. The van der Waals surface area contributed by atoms with Gasteiger partial charge in [0.25, 0.3) is 5.92 Å². The molecule has 0 spiro atoms. The summed E-state index contributed by atoms with van der Waals surface area (Å²) < 4.78 is 26.9. The summed E-state index contributed by atoms with van der Waals surface area (Å²) in [5.74, 6) is -1.78. The number of piperidine rings is 1. The maximum absolute atomic E-state index is 13.4. The monoisotopic (exact) mass is 258 g/mol. The van der Waals surface area contributed by atoms with Gasteiger partial charge < -0.3 is 4.90 Å². The summed E-state index contributed by atoms with van der Waals surface area (Å²) in [4.78, 5) is 6.28. The van der Waals surface area contributed by atoms with Crippen molar-refractivity contribution in [1.29, 1.82) is 0 Å². The quantitative estimate of drug-likeness (QED) is 0.766. The zero-order valence-electron chi connectivity index (χ0n) is 9.24. The minimum atomic E-state index is -2.51. The third-order valence-electron chi connectivity index (χ3n) is 3.66. The average Bonchev–Trinajstić information content (AvgIpc) is 2.51. The van der Waals surface area contributed by atoms with Crippen LogP contribution in [-0.4, -0.2) is 23.0 Å². The van der Waals surface area contributed by atoms with Crippen LogP contribution in [0.5, 0.6) is 0 Å². The number of halogens is 3. The fourth-order valence-electron chi connectivity index (χ4n) is 3.04. The molecule has 2 aliphatic rings. The maximum Gasteiger partial charge on any atom is 0.252 e. The third kappa shape index (κ3) is 1.99. The molecule has 0 amide bonds. The lowest BCUT2D eigenvalue weighted by molar-refractivity contribution is -0.0359. The van der Waals surface area contributed by atoms with Gasteiger partial charge in [0, 0.05) is 36.1 Å². The van der Waals surface area contributed by atoms with Gasteiger partial charge in [-0.05, 0) is 25.0 Å². The van der Waals surface area contributed by atoms with Crippen molar-refractivity contribution in [3.05, 3.63) is 23.4 Å². The predicted molar refractivity (Wildman–Crippen MR) is 62.7 cm³/mol. The normalized spacial score (nSPS) is 30.6. The Bertz CT molecular complexity index is 422. The lowest BCUT2D eigenvalue weighted by atomic mass is 9.99. The summed E-state index contributed by atoms with van der Waals surface area (Å²) in [5, 5.41) is 0.603. The highest BCUT2D eigenvalue weighted by atomic mass is 35.5. The van der Waals surface area contributed by atoms with Gasteiger partial charge in [-0.15, -0.1) is 0 Å². The largest absolute Gasteiger partial charge is 0.350 e. The van der Waals surface area contributed by atoms with Crippen LogP contribution in [0.4, 0.5) is 14.6 Å². The molecule has 0 radical (unpaired) electrons. The van der Waals surface area contributed by atoms with E-state index < -0.39 is 5.92 Å². The Balaban J connectivity index is 1.91. The SMILES string of the molecule is FC1(F)CC2CCC(C1)N2c1cc(Cl)ccn1. The Morgan fingerprint density at radius 2 is 1.94 bits per heavy atom. The molecular formula is C12H13ClF2N2. The zero-order valence-corrected chi connectivity index (χ0v) is 10.00. The van der Waals surface area contributed by atoms with E-state index in [1.54, 1.807) is 18.3 Å². The molecule has 0 aromatic carbocycles. The standard InChI is InChI=1S/C12H13ClF2N2/c13-8-3-4-16-11(5-8)17-9-1-2-10(17)7-12(14,15)6-9/h3-5,9-10H,1-2,6-7H2. The molecule has 92 valence electrons. The molecule has 2 saturated heterocycles. The smallest absolute Gasteiger partial charge is 0.252 e. The second-order valence-corrected chi connectivity index (χ2v) is 5.33. The number of fused-ring (bicyclic) bond motifs is 2. The van der Waals surface area contributed by atoms with Gasteiger partial charge in [-0.3, -0.25) is 0 Å². The lowest BCUT2D eigenvalue weighted by Gasteiger charge is -2.39. The second-order valence-electron chi connectivity index (χ2n) is 4.89. The maximum atomic E-state index is 13.4. The molecule has 5 heteroatoms. The molecule has 3 rings (SSSR count). The van der Waals surface area contributed by atoms with E-state index >= 15 is 0 Å². The van der Waals surface area contributed by atoms with Crippen LogP contribution in [0.3, 0.4) is 0 Å². The lowest BCUT2D eigenvalue weighted by Crippen LogP contribution is -2.47. The molecule has 2 unspecified atom stereocenters. The highest BCUT2D eigenvalue weighted by Gasteiger charge is 2.49. The summed E-state index contributed by atoms with van der Waals surface area (Å²) in [6, 6.07) is 3.28. The number of rotatable bonds is 1. The van der Waals surface area contributed by atoms with Gasteiger partial charge in [-0.1, -0.05) is 11.6 Å². The first kappa shape index (κ1) is 11.2. The van der Waals surface area contributed by atoms with Crippen molar-refractivity contribution in [2.75, 3.05) is 4.90 Å². The summed E-state index contributed by atoms with van der Waals surface area (Å²) in [6.45, 7) is 0. The van der Waals surface area contributed by atoms with Crippen molar-refractivity contribution in [2.45, 2.75) is 43.7 Å². The van der Waals surface area contributed by atoms with Crippen molar-refractivity contribution in [2.24, 2.45) is 0 Å². The first-order valence-corrected chi connectivity index (χ1v) is 6.21.